The minimum absolute atomic E-state index is 0.0132. The predicted octanol–water partition coefficient (Wildman–Crippen LogP) is 5.28. The van der Waals surface area contributed by atoms with Crippen molar-refractivity contribution >= 4 is 35.3 Å². The summed E-state index contributed by atoms with van der Waals surface area (Å²) in [4.78, 5) is 35.8. The fourth-order valence-corrected chi connectivity index (χ4v) is 4.03. The van der Waals surface area contributed by atoms with E-state index in [1.165, 1.54) is 18.2 Å². The lowest BCUT2D eigenvalue weighted by Gasteiger charge is -2.16. The molecule has 0 fully saturated rings. The van der Waals surface area contributed by atoms with Gasteiger partial charge in [-0.2, -0.15) is 0 Å². The predicted molar refractivity (Wildman–Crippen MR) is 116 cm³/mol. The highest BCUT2D eigenvalue weighted by Crippen LogP contribution is 2.30. The summed E-state index contributed by atoms with van der Waals surface area (Å²) in [7, 11) is 0. The first-order chi connectivity index (χ1) is 13.8. The van der Waals surface area contributed by atoms with Crippen LogP contribution in [0.5, 0.6) is 0 Å². The number of carboxylic acids is 2. The van der Waals surface area contributed by atoms with E-state index in [1.54, 1.807) is 12.1 Å². The van der Waals surface area contributed by atoms with Gasteiger partial charge in [0.2, 0.25) is 5.91 Å². The number of amides is 1. The van der Waals surface area contributed by atoms with E-state index in [-0.39, 0.29) is 12.3 Å². The third-order valence-corrected chi connectivity index (χ3v) is 6.06. The molecular formula is C22H33NO5S. The zero-order valence-electron chi connectivity index (χ0n) is 17.4. The highest BCUT2D eigenvalue weighted by Gasteiger charge is 2.26. The minimum atomic E-state index is -1.10. The van der Waals surface area contributed by atoms with Crippen LogP contribution in [0.1, 0.15) is 65.2 Å². The van der Waals surface area contributed by atoms with Crippen molar-refractivity contribution in [3.63, 3.8) is 0 Å². The van der Waals surface area contributed by atoms with Gasteiger partial charge in [-0.05, 0) is 24.5 Å². The molecule has 7 heteroatoms. The summed E-state index contributed by atoms with van der Waals surface area (Å²) in [6.07, 6.45) is 6.62. The van der Waals surface area contributed by atoms with E-state index in [0.717, 1.165) is 37.0 Å². The molecule has 0 spiro atoms. The van der Waals surface area contributed by atoms with E-state index in [0.29, 0.717) is 17.9 Å². The molecule has 29 heavy (non-hydrogen) atoms. The third-order valence-electron chi connectivity index (χ3n) is 4.65. The van der Waals surface area contributed by atoms with Gasteiger partial charge in [0.15, 0.2) is 0 Å². The SMILES string of the molecule is CCCCCCCCC(C(=O)O)C(=O)Nc1ccccc1SCC(C)CC(=O)O. The van der Waals surface area contributed by atoms with Crippen LogP contribution in [0.15, 0.2) is 29.2 Å². The van der Waals surface area contributed by atoms with Gasteiger partial charge in [-0.15, -0.1) is 11.8 Å². The van der Waals surface area contributed by atoms with E-state index < -0.39 is 23.8 Å². The number of unbranched alkanes of at least 4 members (excludes halogenated alkanes) is 5. The van der Waals surface area contributed by atoms with Gasteiger partial charge < -0.3 is 15.5 Å². The van der Waals surface area contributed by atoms with Gasteiger partial charge in [0.1, 0.15) is 5.92 Å². The van der Waals surface area contributed by atoms with Gasteiger partial charge in [-0.25, -0.2) is 0 Å². The van der Waals surface area contributed by atoms with Crippen molar-refractivity contribution in [2.45, 2.75) is 70.1 Å². The summed E-state index contributed by atoms with van der Waals surface area (Å²) in [5, 5.41) is 21.1. The second-order valence-corrected chi connectivity index (χ2v) is 8.51. The molecule has 3 N–H and O–H groups in total. The molecule has 162 valence electrons. The number of carboxylic acid groups (broad SMARTS) is 2. The first kappa shape index (κ1) is 25.0. The Bertz CT molecular complexity index is 664. The molecule has 0 heterocycles. The number of nitrogens with one attached hydrogen (secondary N) is 1. The number of hydrogen-bond acceptors (Lipinski definition) is 4. The smallest absolute Gasteiger partial charge is 0.316 e. The third kappa shape index (κ3) is 10.4. The maximum Gasteiger partial charge on any atom is 0.316 e. The molecule has 0 aliphatic carbocycles. The van der Waals surface area contributed by atoms with Gasteiger partial charge in [0, 0.05) is 17.1 Å². The first-order valence-electron chi connectivity index (χ1n) is 10.3. The van der Waals surface area contributed by atoms with Crippen LogP contribution in [0.3, 0.4) is 0 Å². The molecule has 0 saturated heterocycles. The topological polar surface area (TPSA) is 104 Å². The van der Waals surface area contributed by atoms with E-state index in [2.05, 4.69) is 12.2 Å². The van der Waals surface area contributed by atoms with Crippen molar-refractivity contribution < 1.29 is 24.6 Å². The Kier molecular flexibility index (Phi) is 12.1. The lowest BCUT2D eigenvalue weighted by Crippen LogP contribution is -2.29. The molecule has 1 rings (SSSR count). The van der Waals surface area contributed by atoms with Crippen LogP contribution >= 0.6 is 11.8 Å². The Hall–Kier alpha value is -2.02. The van der Waals surface area contributed by atoms with Crippen LogP contribution in [0.2, 0.25) is 0 Å². The number of aliphatic carboxylic acids is 2. The zero-order valence-corrected chi connectivity index (χ0v) is 18.2. The molecule has 0 radical (unpaired) electrons. The number of carbonyl (C=O) groups is 3. The number of rotatable bonds is 15. The molecule has 0 saturated carbocycles. The fraction of sp³-hybridized carbons (Fsp3) is 0.591. The Morgan fingerprint density at radius 2 is 1.69 bits per heavy atom. The highest BCUT2D eigenvalue weighted by atomic mass is 32.2. The van der Waals surface area contributed by atoms with Crippen LogP contribution in [-0.4, -0.2) is 33.8 Å². The maximum atomic E-state index is 12.6. The summed E-state index contributed by atoms with van der Waals surface area (Å²) in [5.74, 6) is -2.92. The Labute approximate surface area is 177 Å². The van der Waals surface area contributed by atoms with Crippen LogP contribution in [-0.2, 0) is 14.4 Å². The van der Waals surface area contributed by atoms with Crippen molar-refractivity contribution in [2.75, 3.05) is 11.1 Å². The van der Waals surface area contributed by atoms with Crippen molar-refractivity contribution in [1.82, 2.24) is 0 Å². The molecule has 0 bridgehead atoms. The zero-order chi connectivity index (χ0) is 21.6. The number of hydrogen-bond donors (Lipinski definition) is 3. The average molecular weight is 424 g/mol. The maximum absolute atomic E-state index is 12.6. The van der Waals surface area contributed by atoms with Crippen molar-refractivity contribution in [3.05, 3.63) is 24.3 Å². The normalized spacial score (nSPS) is 12.9. The molecule has 1 aromatic rings. The number of anilines is 1. The largest absolute Gasteiger partial charge is 0.481 e. The number of thioether (sulfide) groups is 1. The molecule has 2 unspecified atom stereocenters. The standard InChI is InChI=1S/C22H33NO5S/c1-3-4-5-6-7-8-11-17(22(27)28)21(26)23-18-12-9-10-13-19(18)29-15-16(2)14-20(24)25/h9-10,12-13,16-17H,3-8,11,14-15H2,1-2H3,(H,23,26)(H,24,25)(H,27,28). The monoisotopic (exact) mass is 423 g/mol. The second-order valence-electron chi connectivity index (χ2n) is 7.45. The summed E-state index contributed by atoms with van der Waals surface area (Å²) >= 11 is 1.46. The number of benzene rings is 1. The molecule has 2 atom stereocenters. The van der Waals surface area contributed by atoms with Crippen LogP contribution in [0, 0.1) is 11.8 Å². The average Bonchev–Trinajstić information content (AvgIpc) is 2.65. The molecule has 1 amide bonds. The van der Waals surface area contributed by atoms with Gasteiger partial charge in [-0.3, -0.25) is 14.4 Å². The Morgan fingerprint density at radius 1 is 1.03 bits per heavy atom. The van der Waals surface area contributed by atoms with E-state index in [9.17, 15) is 19.5 Å². The van der Waals surface area contributed by atoms with E-state index in [4.69, 9.17) is 5.11 Å². The van der Waals surface area contributed by atoms with Crippen molar-refractivity contribution in [2.24, 2.45) is 11.8 Å². The summed E-state index contributed by atoms with van der Waals surface area (Å²) < 4.78 is 0. The van der Waals surface area contributed by atoms with Crippen molar-refractivity contribution in [3.8, 4) is 0 Å². The lowest BCUT2D eigenvalue weighted by atomic mass is 9.99. The van der Waals surface area contributed by atoms with Crippen LogP contribution in [0.4, 0.5) is 5.69 Å². The number of carbonyl (C=O) groups excluding carboxylic acids is 1. The fourth-order valence-electron chi connectivity index (χ4n) is 3.00. The van der Waals surface area contributed by atoms with E-state index in [1.807, 2.05) is 19.1 Å². The van der Waals surface area contributed by atoms with Crippen LogP contribution in [0.25, 0.3) is 0 Å². The molecular weight excluding hydrogens is 390 g/mol. The number of para-hydroxylation sites is 1. The summed E-state index contributed by atoms with van der Waals surface area (Å²) in [6, 6.07) is 7.21. The Balaban J connectivity index is 2.63. The van der Waals surface area contributed by atoms with Crippen molar-refractivity contribution in [1.29, 1.82) is 0 Å². The second kappa shape index (κ2) is 14.0. The molecule has 0 aromatic heterocycles. The first-order valence-corrected chi connectivity index (χ1v) is 11.3. The van der Waals surface area contributed by atoms with Gasteiger partial charge in [0.05, 0.1) is 5.69 Å². The van der Waals surface area contributed by atoms with E-state index >= 15 is 0 Å². The summed E-state index contributed by atoms with van der Waals surface area (Å²) in [5.41, 5.74) is 0.569. The lowest BCUT2D eigenvalue weighted by molar-refractivity contribution is -0.146. The Morgan fingerprint density at radius 3 is 2.34 bits per heavy atom. The summed E-state index contributed by atoms with van der Waals surface area (Å²) in [6.45, 7) is 4.01. The molecule has 0 aliphatic rings. The minimum Gasteiger partial charge on any atom is -0.481 e. The molecule has 1 aromatic carbocycles. The van der Waals surface area contributed by atoms with Gasteiger partial charge in [-0.1, -0.05) is 64.5 Å². The molecule has 6 nitrogen and oxygen atoms in total. The van der Waals surface area contributed by atoms with Gasteiger partial charge >= 0.3 is 11.9 Å². The highest BCUT2D eigenvalue weighted by molar-refractivity contribution is 7.99. The molecule has 0 aliphatic heterocycles. The van der Waals surface area contributed by atoms with Gasteiger partial charge in [0.25, 0.3) is 0 Å². The quantitative estimate of drug-likeness (QED) is 0.201. The van der Waals surface area contributed by atoms with Crippen LogP contribution < -0.4 is 5.32 Å².